The molecule has 4 heterocycles. The number of allylic oxidation sites excluding steroid dienone is 1. The van der Waals surface area contributed by atoms with Crippen LogP contribution in [0.25, 0.3) is 0 Å². The number of benzene rings is 2. The highest BCUT2D eigenvalue weighted by Gasteiger charge is 2.75. The number of ether oxygens (including phenoxy) is 2. The second-order valence-corrected chi connectivity index (χ2v) is 14.3. The number of esters is 1. The number of likely N-dealkylation sites (tertiary alicyclic amines) is 1. The summed E-state index contributed by atoms with van der Waals surface area (Å²) in [6.45, 7) is 5.66. The monoisotopic (exact) mass is 719 g/mol. The van der Waals surface area contributed by atoms with E-state index >= 15 is 0 Å². The molecule has 4 aliphatic heterocycles. The maximum absolute atomic E-state index is 15.0. The van der Waals surface area contributed by atoms with Gasteiger partial charge in [-0.15, -0.1) is 0 Å². The number of aliphatic hydroxyl groups excluding tert-OH is 1. The summed E-state index contributed by atoms with van der Waals surface area (Å²) >= 11 is 3.60. The van der Waals surface area contributed by atoms with Crippen LogP contribution in [0.3, 0.4) is 0 Å². The number of halogens is 1. The summed E-state index contributed by atoms with van der Waals surface area (Å²) in [5, 5.41) is 13.6. The average molecular weight is 721 g/mol. The van der Waals surface area contributed by atoms with Gasteiger partial charge in [0.25, 0.3) is 0 Å². The number of carbonyl (C=O) groups excluding carboxylic acids is 4. The molecule has 8 atom stereocenters. The van der Waals surface area contributed by atoms with Crippen LogP contribution in [0.5, 0.6) is 0 Å². The summed E-state index contributed by atoms with van der Waals surface area (Å²) in [4.78, 5) is 60.2. The third-order valence-electron chi connectivity index (χ3n) is 9.96. The van der Waals surface area contributed by atoms with E-state index in [2.05, 4.69) is 21.2 Å². The van der Waals surface area contributed by atoms with Crippen molar-refractivity contribution in [2.45, 2.75) is 76.1 Å². The Hall–Kier alpha value is -3.80. The molecule has 2 saturated heterocycles. The van der Waals surface area contributed by atoms with E-state index in [1.165, 1.54) is 4.90 Å². The first-order valence-electron chi connectivity index (χ1n) is 16.6. The number of nitrogens with one attached hydrogen (secondary N) is 1. The zero-order valence-corrected chi connectivity index (χ0v) is 28.9. The minimum Gasteiger partial charge on any atom is -0.455 e. The van der Waals surface area contributed by atoms with Crippen LogP contribution in [-0.2, 0) is 35.2 Å². The third kappa shape index (κ3) is 6.12. The van der Waals surface area contributed by atoms with E-state index in [0.717, 1.165) is 5.56 Å². The summed E-state index contributed by atoms with van der Waals surface area (Å²) in [7, 11) is 0. The molecule has 0 unspecified atom stereocenters. The lowest BCUT2D eigenvalue weighted by molar-refractivity contribution is -0.162. The van der Waals surface area contributed by atoms with E-state index in [9.17, 15) is 24.3 Å². The number of fused-ring (bicyclic) bond motifs is 2. The maximum atomic E-state index is 15.0. The molecule has 4 aliphatic rings. The van der Waals surface area contributed by atoms with E-state index in [4.69, 9.17) is 9.47 Å². The van der Waals surface area contributed by atoms with Crippen LogP contribution in [0.15, 0.2) is 83.4 Å². The molecule has 6 rings (SSSR count). The highest BCUT2D eigenvalue weighted by molar-refractivity contribution is 9.11. The molecular formula is C37H42BrN3O7. The number of cyclic esters (lactones) is 1. The molecule has 2 N–H and O–H groups in total. The Kier molecular flexibility index (Phi) is 9.92. The van der Waals surface area contributed by atoms with E-state index in [-0.39, 0.29) is 43.8 Å². The summed E-state index contributed by atoms with van der Waals surface area (Å²) in [6.07, 6.45) is 4.45. The van der Waals surface area contributed by atoms with Gasteiger partial charge in [0, 0.05) is 24.0 Å². The Morgan fingerprint density at radius 2 is 1.67 bits per heavy atom. The predicted molar refractivity (Wildman–Crippen MR) is 181 cm³/mol. The van der Waals surface area contributed by atoms with Crippen LogP contribution in [0.2, 0.25) is 0 Å². The van der Waals surface area contributed by atoms with Crippen LogP contribution in [0, 0.1) is 17.8 Å². The molecule has 5 bridgehead atoms. The van der Waals surface area contributed by atoms with E-state index in [1.807, 2.05) is 86.7 Å². The van der Waals surface area contributed by atoms with Crippen LogP contribution in [0.1, 0.15) is 50.8 Å². The topological polar surface area (TPSA) is 125 Å². The van der Waals surface area contributed by atoms with Crippen LogP contribution in [0.4, 0.5) is 0 Å². The summed E-state index contributed by atoms with van der Waals surface area (Å²) in [5.41, 5.74) is 0.111. The van der Waals surface area contributed by atoms with Crippen molar-refractivity contribution in [2.24, 2.45) is 17.8 Å². The Morgan fingerprint density at radius 3 is 2.33 bits per heavy atom. The molecule has 2 aromatic rings. The summed E-state index contributed by atoms with van der Waals surface area (Å²) in [5.74, 6) is -4.00. The SMILES string of the molecule is CC(C)[C@H](CO)N1C(=O)[C@H]2[C@@H]3C(=O)O[C@H](c4ccccc4)[C@@H](C)NC(=O)CC/C=C\CN(Cc4ccccc4)C(=O)[C@H]1[C@@]21C=C(Br)[C@@H]3O1. The van der Waals surface area contributed by atoms with Crippen LogP contribution < -0.4 is 5.32 Å². The number of carbonyl (C=O) groups is 4. The molecule has 0 aliphatic carbocycles. The lowest BCUT2D eigenvalue weighted by Crippen LogP contribution is -2.59. The Labute approximate surface area is 289 Å². The Balaban J connectivity index is 1.47. The minimum atomic E-state index is -1.47. The second kappa shape index (κ2) is 14.0. The van der Waals surface area contributed by atoms with E-state index in [0.29, 0.717) is 16.5 Å². The molecule has 3 amide bonds. The van der Waals surface area contributed by atoms with Crippen molar-refractivity contribution in [3.8, 4) is 0 Å². The van der Waals surface area contributed by atoms with Crippen molar-refractivity contribution in [1.82, 2.24) is 15.1 Å². The largest absolute Gasteiger partial charge is 0.455 e. The predicted octanol–water partition coefficient (Wildman–Crippen LogP) is 4.04. The molecule has 2 aromatic carbocycles. The molecule has 11 heteroatoms. The normalized spacial score (nSPS) is 32.2. The molecule has 0 saturated carbocycles. The number of aliphatic hydroxyl groups is 1. The van der Waals surface area contributed by atoms with Gasteiger partial charge in [0.1, 0.15) is 29.8 Å². The molecule has 10 nitrogen and oxygen atoms in total. The van der Waals surface area contributed by atoms with Gasteiger partial charge in [-0.25, -0.2) is 0 Å². The summed E-state index contributed by atoms with van der Waals surface area (Å²) < 4.78 is 13.4. The first-order chi connectivity index (χ1) is 23.1. The fourth-order valence-corrected chi connectivity index (χ4v) is 8.37. The number of hydrogen-bond donors (Lipinski definition) is 2. The van der Waals surface area contributed by atoms with Gasteiger partial charge in [-0.05, 0) is 36.5 Å². The lowest BCUT2D eigenvalue weighted by atomic mass is 9.74. The zero-order valence-electron chi connectivity index (χ0n) is 27.3. The lowest BCUT2D eigenvalue weighted by Gasteiger charge is -2.40. The summed E-state index contributed by atoms with van der Waals surface area (Å²) in [6, 6.07) is 16.3. The highest BCUT2D eigenvalue weighted by Crippen LogP contribution is 2.59. The number of rotatable bonds is 6. The van der Waals surface area contributed by atoms with Crippen molar-refractivity contribution in [3.05, 3.63) is 94.5 Å². The Morgan fingerprint density at radius 1 is 0.979 bits per heavy atom. The quantitative estimate of drug-likeness (QED) is 0.341. The highest BCUT2D eigenvalue weighted by atomic mass is 79.9. The fourth-order valence-electron chi connectivity index (χ4n) is 7.63. The third-order valence-corrected chi connectivity index (χ3v) is 10.6. The number of nitrogens with zero attached hydrogens (tertiary/aromatic N) is 2. The van der Waals surface area contributed by atoms with Crippen molar-refractivity contribution in [2.75, 3.05) is 13.2 Å². The van der Waals surface area contributed by atoms with Gasteiger partial charge in [0.2, 0.25) is 17.7 Å². The van der Waals surface area contributed by atoms with Crippen molar-refractivity contribution >= 4 is 39.6 Å². The van der Waals surface area contributed by atoms with Gasteiger partial charge in [0.15, 0.2) is 0 Å². The molecular weight excluding hydrogens is 678 g/mol. The van der Waals surface area contributed by atoms with Gasteiger partial charge in [-0.1, -0.05) is 103 Å². The van der Waals surface area contributed by atoms with Gasteiger partial charge in [-0.2, -0.15) is 0 Å². The standard InChI is InChI=1S/C37H42BrN3O7/c1-22(2)27(21-42)41-33-35(45)40(20-24-13-7-4-8-14-24)18-12-6-11-17-28(43)39-23(3)31(25-15-9-5-10-16-25)47-36(46)29-30(34(41)44)37(33)19-26(38)32(29)48-37/h4-10,12-16,19,22-23,27,29-33,42H,11,17-18,20-21H2,1-3H3,(H,39,43)/b12-6-/t23-,27+,29+,30-,31+,32+,33+,37-/m1/s1. The molecule has 2 fully saturated rings. The van der Waals surface area contributed by atoms with E-state index in [1.54, 1.807) is 17.9 Å². The maximum Gasteiger partial charge on any atom is 0.313 e. The Bertz CT molecular complexity index is 1600. The smallest absolute Gasteiger partial charge is 0.313 e. The number of hydrogen-bond acceptors (Lipinski definition) is 7. The van der Waals surface area contributed by atoms with Crippen LogP contribution >= 0.6 is 15.9 Å². The van der Waals surface area contributed by atoms with Gasteiger partial charge in [-0.3, -0.25) is 19.2 Å². The van der Waals surface area contributed by atoms with Crippen LogP contribution in [-0.4, -0.2) is 81.6 Å². The molecule has 0 aromatic heterocycles. The molecule has 254 valence electrons. The number of amides is 3. The van der Waals surface area contributed by atoms with Gasteiger partial charge >= 0.3 is 5.97 Å². The molecule has 0 radical (unpaired) electrons. The molecule has 48 heavy (non-hydrogen) atoms. The fraction of sp³-hybridized carbons (Fsp3) is 0.459. The van der Waals surface area contributed by atoms with Gasteiger partial charge < -0.3 is 29.7 Å². The van der Waals surface area contributed by atoms with Crippen molar-refractivity contribution in [3.63, 3.8) is 0 Å². The van der Waals surface area contributed by atoms with E-state index < -0.39 is 59.6 Å². The average Bonchev–Trinajstić information content (AvgIpc) is 3.66. The molecule has 1 spiro atoms. The first-order valence-corrected chi connectivity index (χ1v) is 17.4. The van der Waals surface area contributed by atoms with Crippen molar-refractivity contribution in [1.29, 1.82) is 0 Å². The second-order valence-electron chi connectivity index (χ2n) is 13.4. The first kappa shape index (κ1) is 34.1. The minimum absolute atomic E-state index is 0.202. The zero-order chi connectivity index (χ0) is 34.2. The van der Waals surface area contributed by atoms with Gasteiger partial charge in [0.05, 0.1) is 24.6 Å². The van der Waals surface area contributed by atoms with Crippen molar-refractivity contribution < 1.29 is 33.8 Å².